The van der Waals surface area contributed by atoms with Crippen LogP contribution >= 0.6 is 0 Å². The van der Waals surface area contributed by atoms with Crippen LogP contribution in [-0.2, 0) is 22.8 Å². The molecule has 17 heteroatoms. The predicted octanol–water partition coefficient (Wildman–Crippen LogP) is 6.24. The lowest BCUT2D eigenvalue weighted by atomic mass is 9.81. The number of piperidine rings is 2. The number of hydrogen-bond acceptors (Lipinski definition) is 9. The number of halogens is 4. The number of aryl methyl sites for hydroxylation is 1. The van der Waals surface area contributed by atoms with Crippen molar-refractivity contribution in [1.29, 1.82) is 0 Å². The van der Waals surface area contributed by atoms with E-state index in [4.69, 9.17) is 14.1 Å². The maximum absolute atomic E-state index is 16.1. The molecule has 2 aromatic carbocycles. The summed E-state index contributed by atoms with van der Waals surface area (Å²) in [5.74, 6) is -0.932. The number of alkyl halides is 4. The van der Waals surface area contributed by atoms with Gasteiger partial charge in [-0.3, -0.25) is 28.8 Å². The minimum Gasteiger partial charge on any atom is -0.494 e. The van der Waals surface area contributed by atoms with Gasteiger partial charge in [0.05, 0.1) is 23.8 Å². The Labute approximate surface area is 323 Å². The number of carbonyl (C=O) groups excluding carboxylic acids is 3. The van der Waals surface area contributed by atoms with Crippen LogP contribution in [0, 0.1) is 5.92 Å². The summed E-state index contributed by atoms with van der Waals surface area (Å²) in [4.78, 5) is 61.1. The fourth-order valence-corrected chi connectivity index (χ4v) is 8.76. The Kier molecular flexibility index (Phi) is 10.1. The van der Waals surface area contributed by atoms with Gasteiger partial charge in [-0.2, -0.15) is 13.2 Å². The summed E-state index contributed by atoms with van der Waals surface area (Å²) in [7, 11) is 3.04. The van der Waals surface area contributed by atoms with Crippen LogP contribution in [0.4, 0.5) is 23.2 Å². The smallest absolute Gasteiger partial charge is 0.433 e. The van der Waals surface area contributed by atoms with Crippen molar-refractivity contribution in [2.75, 3.05) is 32.1 Å². The molecule has 57 heavy (non-hydrogen) atoms. The number of pyridine rings is 1. The number of carbonyl (C=O) groups is 3. The van der Waals surface area contributed by atoms with Crippen LogP contribution in [-0.4, -0.2) is 74.6 Å². The van der Waals surface area contributed by atoms with E-state index in [1.807, 2.05) is 6.07 Å². The number of methoxy groups -OCH3 is 1. The molecule has 1 unspecified atom stereocenters. The van der Waals surface area contributed by atoms with Crippen molar-refractivity contribution in [2.45, 2.75) is 75.2 Å². The summed E-state index contributed by atoms with van der Waals surface area (Å²) in [6.45, 7) is 1.71. The number of amides is 3. The van der Waals surface area contributed by atoms with Crippen molar-refractivity contribution in [1.82, 2.24) is 29.3 Å². The maximum Gasteiger partial charge on any atom is 0.433 e. The van der Waals surface area contributed by atoms with Gasteiger partial charge < -0.3 is 19.4 Å². The molecule has 0 bridgehead atoms. The zero-order valence-corrected chi connectivity index (χ0v) is 31.3. The Bertz CT molecular complexity index is 2430. The third-order valence-corrected chi connectivity index (χ3v) is 11.6. The Hall–Kier alpha value is -5.58. The fraction of sp³-hybridized carbons (Fsp3) is 0.450. The van der Waals surface area contributed by atoms with Gasteiger partial charge in [0.1, 0.15) is 34.9 Å². The molecule has 1 saturated carbocycles. The zero-order chi connectivity index (χ0) is 40.2. The highest BCUT2D eigenvalue weighted by Gasteiger charge is 2.37. The van der Waals surface area contributed by atoms with Gasteiger partial charge in [-0.1, -0.05) is 18.2 Å². The Morgan fingerprint density at radius 2 is 1.79 bits per heavy atom. The van der Waals surface area contributed by atoms with Crippen LogP contribution in [0.3, 0.4) is 0 Å². The molecule has 3 fully saturated rings. The number of benzene rings is 2. The second-order valence-corrected chi connectivity index (χ2v) is 15.2. The van der Waals surface area contributed by atoms with E-state index in [9.17, 15) is 32.3 Å². The van der Waals surface area contributed by atoms with E-state index < -0.39 is 47.5 Å². The molecule has 300 valence electrons. The number of anilines is 1. The van der Waals surface area contributed by atoms with Crippen molar-refractivity contribution < 1.29 is 41.1 Å². The first-order valence-electron chi connectivity index (χ1n) is 19.0. The quantitative estimate of drug-likeness (QED) is 0.138. The SMILES string of the molecule is COc1cc2nc(C3CCC(CN4CC[C@H](c5cccc6c5n(C)c(=O)n6C5CCC(=O)NC5=O)[C@@H](F)C4)CC3)oc2cc1NC(=O)c1cccc(C(F)(F)F)n1. The molecule has 8 rings (SSSR count). The van der Waals surface area contributed by atoms with E-state index in [1.165, 1.54) is 28.4 Å². The molecular formula is C40H41F4N7O6. The molecule has 0 spiro atoms. The van der Waals surface area contributed by atoms with Gasteiger partial charge in [-0.15, -0.1) is 0 Å². The average Bonchev–Trinajstić information content (AvgIpc) is 3.71. The number of fused-ring (bicyclic) bond motifs is 2. The van der Waals surface area contributed by atoms with E-state index in [1.54, 1.807) is 25.2 Å². The summed E-state index contributed by atoms with van der Waals surface area (Å²) in [6.07, 6.45) is -1.52. The van der Waals surface area contributed by atoms with E-state index in [-0.39, 0.29) is 48.3 Å². The predicted molar refractivity (Wildman–Crippen MR) is 200 cm³/mol. The van der Waals surface area contributed by atoms with Crippen molar-refractivity contribution in [3.05, 3.63) is 81.9 Å². The molecule has 5 aromatic rings. The topological polar surface area (TPSA) is 154 Å². The summed E-state index contributed by atoms with van der Waals surface area (Å²) in [6, 6.07) is 10.8. The third kappa shape index (κ3) is 7.40. The lowest BCUT2D eigenvalue weighted by Crippen LogP contribution is -2.44. The minimum atomic E-state index is -4.70. The van der Waals surface area contributed by atoms with Gasteiger partial charge in [0.2, 0.25) is 11.8 Å². The molecule has 0 radical (unpaired) electrons. The van der Waals surface area contributed by atoms with Crippen LogP contribution in [0.5, 0.6) is 5.75 Å². The average molecular weight is 792 g/mol. The third-order valence-electron chi connectivity index (χ3n) is 11.6. The standard InChI is InChI=1S/C40H41F4N7O6/c1-49-35-24(5-3-7-29(35)51(39(49)55)30-13-14-34(52)48-37(30)54)23-15-16-50(20-25(23)41)19-21-9-11-22(12-10-21)38-47-28-17-31(56-2)27(18-32(28)57-38)46-36(53)26-6-4-8-33(45-26)40(42,43)44/h3-8,17-18,21-23,25,30H,9-16,19-20H2,1-2H3,(H,46,53)(H,48,52,54)/t21?,22?,23-,25+,30?/m1/s1. The van der Waals surface area contributed by atoms with E-state index in [0.717, 1.165) is 49.9 Å². The number of aromatic nitrogens is 4. The number of imide groups is 1. The van der Waals surface area contributed by atoms with Crippen molar-refractivity contribution in [3.8, 4) is 5.75 Å². The van der Waals surface area contributed by atoms with Crippen LogP contribution < -0.4 is 21.1 Å². The molecule has 13 nitrogen and oxygen atoms in total. The molecule has 5 heterocycles. The maximum atomic E-state index is 16.1. The number of hydrogen-bond donors (Lipinski definition) is 2. The van der Waals surface area contributed by atoms with Gasteiger partial charge >= 0.3 is 11.9 Å². The van der Waals surface area contributed by atoms with Crippen molar-refractivity contribution in [2.24, 2.45) is 13.0 Å². The van der Waals surface area contributed by atoms with Crippen LogP contribution in [0.2, 0.25) is 0 Å². The van der Waals surface area contributed by atoms with Gasteiger partial charge in [-0.05, 0) is 74.8 Å². The lowest BCUT2D eigenvalue weighted by molar-refractivity contribution is -0.141. The van der Waals surface area contributed by atoms with Gasteiger partial charge in [0.25, 0.3) is 5.91 Å². The van der Waals surface area contributed by atoms with Crippen LogP contribution in [0.1, 0.15) is 90.5 Å². The number of ether oxygens (including phenoxy) is 1. The number of nitrogens with one attached hydrogen (secondary N) is 2. The molecule has 2 saturated heterocycles. The van der Waals surface area contributed by atoms with Gasteiger partial charge in [0, 0.05) is 50.5 Å². The first kappa shape index (κ1) is 38.3. The number of para-hydroxylation sites is 1. The normalized spacial score (nSPS) is 23.5. The monoisotopic (exact) mass is 791 g/mol. The molecule has 3 amide bonds. The fourth-order valence-electron chi connectivity index (χ4n) is 8.76. The van der Waals surface area contributed by atoms with E-state index in [2.05, 4.69) is 20.5 Å². The molecule has 3 aliphatic rings. The first-order chi connectivity index (χ1) is 27.3. The van der Waals surface area contributed by atoms with Crippen molar-refractivity contribution in [3.63, 3.8) is 0 Å². The van der Waals surface area contributed by atoms with Gasteiger partial charge in [-0.25, -0.2) is 19.2 Å². The van der Waals surface area contributed by atoms with Crippen LogP contribution in [0.15, 0.2) is 57.7 Å². The van der Waals surface area contributed by atoms with E-state index >= 15 is 4.39 Å². The number of nitrogens with zero attached hydrogens (tertiary/aromatic N) is 5. The first-order valence-corrected chi connectivity index (χ1v) is 19.0. The Morgan fingerprint density at radius 3 is 2.51 bits per heavy atom. The number of oxazole rings is 1. The summed E-state index contributed by atoms with van der Waals surface area (Å²) >= 11 is 0. The lowest BCUT2D eigenvalue weighted by Gasteiger charge is -2.38. The highest BCUT2D eigenvalue weighted by molar-refractivity contribution is 6.04. The summed E-state index contributed by atoms with van der Waals surface area (Å²) < 4.78 is 70.1. The Balaban J connectivity index is 0.892. The molecule has 1 aliphatic carbocycles. The number of likely N-dealkylation sites (tertiary alicyclic amines) is 1. The summed E-state index contributed by atoms with van der Waals surface area (Å²) in [5, 5.41) is 4.90. The van der Waals surface area contributed by atoms with E-state index in [0.29, 0.717) is 46.9 Å². The highest BCUT2D eigenvalue weighted by atomic mass is 19.4. The largest absolute Gasteiger partial charge is 0.494 e. The van der Waals surface area contributed by atoms with Crippen molar-refractivity contribution >= 4 is 45.5 Å². The molecule has 3 aromatic heterocycles. The molecular weight excluding hydrogens is 750 g/mol. The van der Waals surface area contributed by atoms with Gasteiger partial charge in [0.15, 0.2) is 11.5 Å². The molecule has 2 aliphatic heterocycles. The highest BCUT2D eigenvalue weighted by Crippen LogP contribution is 2.41. The second kappa shape index (κ2) is 15.1. The Morgan fingerprint density at radius 1 is 1.02 bits per heavy atom. The minimum absolute atomic E-state index is 0.0475. The number of rotatable bonds is 8. The van der Waals surface area contributed by atoms with Crippen LogP contribution in [0.25, 0.3) is 22.1 Å². The summed E-state index contributed by atoms with van der Waals surface area (Å²) in [5.41, 5.74) is 1.04. The zero-order valence-electron chi connectivity index (χ0n) is 31.3. The molecule has 2 N–H and O–H groups in total. The number of imidazole rings is 1. The molecule has 3 atom stereocenters. The second-order valence-electron chi connectivity index (χ2n) is 15.2.